The summed E-state index contributed by atoms with van der Waals surface area (Å²) in [4.78, 5) is 26.5. The molecular weight excluding hydrogens is 380 g/mol. The van der Waals surface area contributed by atoms with Crippen molar-refractivity contribution in [3.8, 4) is 0 Å². The first-order chi connectivity index (χ1) is 14.4. The number of piperidine rings is 1. The number of aryl methyl sites for hydroxylation is 2. The molecule has 0 unspecified atom stereocenters. The molecule has 30 heavy (non-hydrogen) atoms. The Hall–Kier alpha value is -2.86. The molecule has 0 bridgehead atoms. The van der Waals surface area contributed by atoms with Gasteiger partial charge in [-0.2, -0.15) is 0 Å². The second-order valence-corrected chi connectivity index (χ2v) is 8.11. The first kappa shape index (κ1) is 21.8. The topological polar surface area (TPSA) is 89.9 Å². The van der Waals surface area contributed by atoms with Gasteiger partial charge in [-0.3, -0.25) is 4.79 Å². The maximum absolute atomic E-state index is 12.7. The Morgan fingerprint density at radius 3 is 2.53 bits per heavy atom. The van der Waals surface area contributed by atoms with E-state index >= 15 is 0 Å². The molecule has 1 aliphatic rings. The zero-order valence-electron chi connectivity index (χ0n) is 17.4. The van der Waals surface area contributed by atoms with Gasteiger partial charge >= 0.3 is 12.0 Å². The minimum atomic E-state index is -1.34. The van der Waals surface area contributed by atoms with Crippen LogP contribution in [-0.4, -0.2) is 46.3 Å². The standard InChI is InChI=1S/C24H30N2O4/c1-18-8-5-6-12-20(18)16-25-23(30)26-15-13-21(27)24(17-26,22(28)29)14-7-11-19-9-3-2-4-10-19/h2-6,8-10,12,21,27H,7,11,13-17H2,1H3,(H,25,30)(H,28,29)/t21-,24+/m0/s1. The lowest BCUT2D eigenvalue weighted by molar-refractivity contribution is -0.162. The van der Waals surface area contributed by atoms with Crippen molar-refractivity contribution in [1.82, 2.24) is 10.2 Å². The van der Waals surface area contributed by atoms with Crippen molar-refractivity contribution in [1.29, 1.82) is 0 Å². The highest BCUT2D eigenvalue weighted by Crippen LogP contribution is 2.36. The van der Waals surface area contributed by atoms with Gasteiger partial charge in [0, 0.05) is 19.6 Å². The number of rotatable bonds is 7. The Labute approximate surface area is 177 Å². The third kappa shape index (κ3) is 5.00. The number of carboxylic acids is 1. The quantitative estimate of drug-likeness (QED) is 0.653. The van der Waals surface area contributed by atoms with Gasteiger partial charge in [0.1, 0.15) is 5.41 Å². The SMILES string of the molecule is Cc1ccccc1CNC(=O)N1CC[C@H](O)[C@](CCCc2ccccc2)(C(=O)O)C1. The normalized spacial score (nSPS) is 21.3. The van der Waals surface area contributed by atoms with E-state index in [0.717, 1.165) is 23.1 Å². The average Bonchev–Trinajstić information content (AvgIpc) is 2.75. The summed E-state index contributed by atoms with van der Waals surface area (Å²) >= 11 is 0. The number of urea groups is 1. The smallest absolute Gasteiger partial charge is 0.317 e. The summed E-state index contributed by atoms with van der Waals surface area (Å²) in [6.45, 7) is 2.73. The molecule has 2 amide bonds. The lowest BCUT2D eigenvalue weighted by Gasteiger charge is -2.43. The van der Waals surface area contributed by atoms with Crippen LogP contribution >= 0.6 is 0 Å². The predicted molar refractivity (Wildman–Crippen MR) is 115 cm³/mol. The van der Waals surface area contributed by atoms with E-state index in [2.05, 4.69) is 5.32 Å². The number of aliphatic hydroxyl groups excluding tert-OH is 1. The number of aliphatic carboxylic acids is 1. The molecule has 2 aromatic carbocycles. The summed E-state index contributed by atoms with van der Waals surface area (Å²) in [6, 6.07) is 17.4. The Morgan fingerprint density at radius 2 is 1.83 bits per heavy atom. The predicted octanol–water partition coefficient (Wildman–Crippen LogP) is 3.37. The van der Waals surface area contributed by atoms with Gasteiger partial charge in [0.15, 0.2) is 0 Å². The fourth-order valence-corrected chi connectivity index (χ4v) is 4.16. The van der Waals surface area contributed by atoms with Gasteiger partial charge in [0.25, 0.3) is 0 Å². The van der Waals surface area contributed by atoms with E-state index in [1.54, 1.807) is 0 Å². The van der Waals surface area contributed by atoms with Crippen LogP contribution in [0.15, 0.2) is 54.6 Å². The third-order valence-electron chi connectivity index (χ3n) is 6.12. The van der Waals surface area contributed by atoms with E-state index in [9.17, 15) is 19.8 Å². The highest BCUT2D eigenvalue weighted by molar-refractivity contribution is 5.79. The maximum atomic E-state index is 12.7. The van der Waals surface area contributed by atoms with Crippen LogP contribution in [0.5, 0.6) is 0 Å². The number of amides is 2. The molecule has 2 atom stereocenters. The average molecular weight is 411 g/mol. The second-order valence-electron chi connectivity index (χ2n) is 8.11. The molecule has 160 valence electrons. The van der Waals surface area contributed by atoms with E-state index in [-0.39, 0.29) is 19.0 Å². The number of nitrogens with one attached hydrogen (secondary N) is 1. The van der Waals surface area contributed by atoms with Crippen LogP contribution in [0, 0.1) is 12.3 Å². The van der Waals surface area contributed by atoms with Crippen molar-refractivity contribution in [3.63, 3.8) is 0 Å². The lowest BCUT2D eigenvalue weighted by atomic mass is 9.73. The van der Waals surface area contributed by atoms with Gasteiger partial charge in [-0.1, -0.05) is 54.6 Å². The number of carbonyl (C=O) groups excluding carboxylic acids is 1. The summed E-state index contributed by atoms with van der Waals surface area (Å²) in [5.74, 6) is -1.04. The zero-order valence-corrected chi connectivity index (χ0v) is 17.4. The number of hydrogen-bond acceptors (Lipinski definition) is 3. The van der Waals surface area contributed by atoms with Crippen LogP contribution in [0.25, 0.3) is 0 Å². The lowest BCUT2D eigenvalue weighted by Crippen LogP contribution is -2.58. The largest absolute Gasteiger partial charge is 0.481 e. The molecular formula is C24H30N2O4. The summed E-state index contributed by atoms with van der Waals surface area (Å²) in [5.41, 5.74) is 1.91. The Kier molecular flexibility index (Phi) is 7.11. The summed E-state index contributed by atoms with van der Waals surface area (Å²) < 4.78 is 0. The number of hydrogen-bond donors (Lipinski definition) is 3. The first-order valence-corrected chi connectivity index (χ1v) is 10.4. The molecule has 3 rings (SSSR count). The van der Waals surface area contributed by atoms with E-state index < -0.39 is 17.5 Å². The molecule has 6 nitrogen and oxygen atoms in total. The molecule has 6 heteroatoms. The number of likely N-dealkylation sites (tertiary alicyclic amines) is 1. The summed E-state index contributed by atoms with van der Waals surface area (Å²) in [6.07, 6.45) is 0.981. The fourth-order valence-electron chi connectivity index (χ4n) is 4.16. The zero-order chi connectivity index (χ0) is 21.6. The molecule has 1 saturated heterocycles. The fraction of sp³-hybridized carbons (Fsp3) is 0.417. The minimum absolute atomic E-state index is 0.0118. The van der Waals surface area contributed by atoms with E-state index in [1.807, 2.05) is 61.5 Å². The summed E-state index contributed by atoms with van der Waals surface area (Å²) in [5, 5.41) is 23.5. The molecule has 0 aliphatic carbocycles. The van der Waals surface area contributed by atoms with Gasteiger partial charge in [-0.05, 0) is 49.3 Å². The van der Waals surface area contributed by atoms with Crippen LogP contribution in [0.1, 0.15) is 36.0 Å². The van der Waals surface area contributed by atoms with Gasteiger partial charge in [-0.15, -0.1) is 0 Å². The molecule has 3 N–H and O–H groups in total. The van der Waals surface area contributed by atoms with Crippen LogP contribution in [0.4, 0.5) is 4.79 Å². The first-order valence-electron chi connectivity index (χ1n) is 10.4. The number of nitrogens with zero attached hydrogens (tertiary/aromatic N) is 1. The molecule has 2 aromatic rings. The van der Waals surface area contributed by atoms with Crippen LogP contribution < -0.4 is 5.32 Å². The molecule has 0 radical (unpaired) electrons. The highest BCUT2D eigenvalue weighted by atomic mass is 16.4. The molecule has 0 saturated carbocycles. The highest BCUT2D eigenvalue weighted by Gasteiger charge is 2.49. The molecule has 0 aromatic heterocycles. The van der Waals surface area contributed by atoms with Crippen LogP contribution in [0.3, 0.4) is 0 Å². The van der Waals surface area contributed by atoms with Crippen molar-refractivity contribution in [2.75, 3.05) is 13.1 Å². The molecule has 0 spiro atoms. The van der Waals surface area contributed by atoms with Crippen molar-refractivity contribution in [3.05, 3.63) is 71.3 Å². The van der Waals surface area contributed by atoms with E-state index in [0.29, 0.717) is 25.9 Å². The van der Waals surface area contributed by atoms with Gasteiger partial charge in [-0.25, -0.2) is 4.79 Å². The van der Waals surface area contributed by atoms with Gasteiger partial charge in [0.2, 0.25) is 0 Å². The number of aliphatic hydroxyl groups is 1. The Morgan fingerprint density at radius 1 is 1.13 bits per heavy atom. The van der Waals surface area contributed by atoms with Crippen molar-refractivity contribution in [2.24, 2.45) is 5.41 Å². The van der Waals surface area contributed by atoms with E-state index in [4.69, 9.17) is 0 Å². The minimum Gasteiger partial charge on any atom is -0.481 e. The number of benzene rings is 2. The summed E-state index contributed by atoms with van der Waals surface area (Å²) in [7, 11) is 0. The molecule has 1 fully saturated rings. The van der Waals surface area contributed by atoms with Gasteiger partial charge < -0.3 is 20.4 Å². The van der Waals surface area contributed by atoms with Crippen molar-refractivity contribution in [2.45, 2.75) is 45.3 Å². The third-order valence-corrected chi connectivity index (χ3v) is 6.12. The van der Waals surface area contributed by atoms with Crippen LogP contribution in [0.2, 0.25) is 0 Å². The number of carboxylic acid groups (broad SMARTS) is 1. The monoisotopic (exact) mass is 410 g/mol. The molecule has 1 aliphatic heterocycles. The Balaban J connectivity index is 1.63. The van der Waals surface area contributed by atoms with Crippen molar-refractivity contribution < 1.29 is 19.8 Å². The second kappa shape index (κ2) is 9.76. The van der Waals surface area contributed by atoms with Crippen LogP contribution in [-0.2, 0) is 17.8 Å². The maximum Gasteiger partial charge on any atom is 0.317 e. The Bertz CT molecular complexity index is 871. The molecule has 1 heterocycles. The van der Waals surface area contributed by atoms with E-state index in [1.165, 1.54) is 4.90 Å². The number of carbonyl (C=O) groups is 2. The van der Waals surface area contributed by atoms with Crippen molar-refractivity contribution >= 4 is 12.0 Å². The van der Waals surface area contributed by atoms with Gasteiger partial charge in [0.05, 0.1) is 6.10 Å².